The highest BCUT2D eigenvalue weighted by Crippen LogP contribution is 2.29. The fourth-order valence-corrected chi connectivity index (χ4v) is 2.59. The van der Waals surface area contributed by atoms with Gasteiger partial charge in [0.2, 0.25) is 0 Å². The van der Waals surface area contributed by atoms with E-state index in [9.17, 15) is 0 Å². The lowest BCUT2D eigenvalue weighted by Crippen LogP contribution is -2.28. The van der Waals surface area contributed by atoms with E-state index >= 15 is 0 Å². The fraction of sp³-hybridized carbons (Fsp3) is 0.250. The Labute approximate surface area is 115 Å². The normalized spacial score (nSPS) is 17.7. The summed E-state index contributed by atoms with van der Waals surface area (Å²) in [7, 11) is 0. The van der Waals surface area contributed by atoms with E-state index in [4.69, 9.17) is 0 Å². The molecule has 1 aliphatic rings. The van der Waals surface area contributed by atoms with Crippen molar-refractivity contribution in [1.29, 1.82) is 0 Å². The molecule has 3 rings (SSSR count). The summed E-state index contributed by atoms with van der Waals surface area (Å²) in [5.41, 5.74) is 5.65. The minimum absolute atomic E-state index is 0. The molecule has 94 valence electrons. The van der Waals surface area contributed by atoms with Crippen molar-refractivity contribution in [2.75, 3.05) is 6.54 Å². The van der Waals surface area contributed by atoms with Crippen LogP contribution in [0.2, 0.25) is 0 Å². The molecular weight excluding hydrogens is 242 g/mol. The first-order valence-electron chi connectivity index (χ1n) is 6.19. The van der Waals surface area contributed by atoms with Gasteiger partial charge < -0.3 is 5.32 Å². The summed E-state index contributed by atoms with van der Waals surface area (Å²) in [5.74, 6) is 0.501. The smallest absolute Gasteiger partial charge is 0.0218 e. The molecule has 0 aliphatic carbocycles. The van der Waals surface area contributed by atoms with Crippen LogP contribution < -0.4 is 5.32 Å². The number of rotatable bonds is 1. The minimum Gasteiger partial charge on any atom is -0.312 e. The SMILES string of the molecule is Cc1ccc(C2CNCc3ccccc32)cc1.Cl. The van der Waals surface area contributed by atoms with E-state index in [2.05, 4.69) is 60.8 Å². The molecule has 2 heteroatoms. The molecule has 0 bridgehead atoms. The Morgan fingerprint density at radius 3 is 2.50 bits per heavy atom. The third-order valence-electron chi connectivity index (χ3n) is 3.57. The molecule has 0 saturated heterocycles. The second-order valence-corrected chi connectivity index (χ2v) is 4.79. The summed E-state index contributed by atoms with van der Waals surface area (Å²) < 4.78 is 0. The Hall–Kier alpha value is -1.31. The van der Waals surface area contributed by atoms with Crippen molar-refractivity contribution in [3.8, 4) is 0 Å². The predicted molar refractivity (Wildman–Crippen MR) is 78.4 cm³/mol. The van der Waals surface area contributed by atoms with Crippen molar-refractivity contribution in [2.45, 2.75) is 19.4 Å². The van der Waals surface area contributed by atoms with Crippen LogP contribution in [0.15, 0.2) is 48.5 Å². The summed E-state index contributed by atoms with van der Waals surface area (Å²) in [6, 6.07) is 17.7. The molecule has 2 aromatic rings. The van der Waals surface area contributed by atoms with Crippen molar-refractivity contribution in [2.24, 2.45) is 0 Å². The van der Waals surface area contributed by atoms with Crippen molar-refractivity contribution in [1.82, 2.24) is 5.32 Å². The Kier molecular flexibility index (Phi) is 4.05. The number of halogens is 1. The number of benzene rings is 2. The van der Waals surface area contributed by atoms with Gasteiger partial charge in [0.15, 0.2) is 0 Å². The van der Waals surface area contributed by atoms with Crippen LogP contribution in [0.1, 0.15) is 28.2 Å². The average molecular weight is 260 g/mol. The quantitative estimate of drug-likeness (QED) is 0.824. The first-order valence-corrected chi connectivity index (χ1v) is 6.19. The van der Waals surface area contributed by atoms with Gasteiger partial charge >= 0.3 is 0 Å². The number of hydrogen-bond donors (Lipinski definition) is 1. The van der Waals surface area contributed by atoms with Crippen molar-refractivity contribution >= 4 is 12.4 Å². The van der Waals surface area contributed by atoms with Gasteiger partial charge in [-0.05, 0) is 23.6 Å². The highest BCUT2D eigenvalue weighted by molar-refractivity contribution is 5.85. The second kappa shape index (κ2) is 5.55. The number of aryl methyl sites for hydroxylation is 1. The summed E-state index contributed by atoms with van der Waals surface area (Å²) in [4.78, 5) is 0. The Balaban J connectivity index is 0.00000120. The predicted octanol–water partition coefficient (Wildman–Crippen LogP) is 3.65. The van der Waals surface area contributed by atoms with Gasteiger partial charge in [0, 0.05) is 19.0 Å². The summed E-state index contributed by atoms with van der Waals surface area (Å²) in [6.45, 7) is 4.18. The van der Waals surface area contributed by atoms with Crippen LogP contribution in [-0.2, 0) is 6.54 Å². The van der Waals surface area contributed by atoms with Crippen LogP contribution in [0.25, 0.3) is 0 Å². The standard InChI is InChI=1S/C16H17N.ClH/c1-12-6-8-13(9-7-12)16-11-17-10-14-4-2-3-5-15(14)16;/h2-9,16-17H,10-11H2,1H3;1H. The molecule has 0 radical (unpaired) electrons. The number of fused-ring (bicyclic) bond motifs is 1. The molecule has 0 aromatic heterocycles. The Morgan fingerprint density at radius 1 is 1.00 bits per heavy atom. The third kappa shape index (κ3) is 2.43. The van der Waals surface area contributed by atoms with Crippen molar-refractivity contribution < 1.29 is 0 Å². The zero-order valence-corrected chi connectivity index (χ0v) is 11.3. The fourth-order valence-electron chi connectivity index (χ4n) is 2.59. The van der Waals surface area contributed by atoms with Crippen molar-refractivity contribution in [3.05, 3.63) is 70.8 Å². The molecule has 0 saturated carbocycles. The highest BCUT2D eigenvalue weighted by Gasteiger charge is 2.20. The number of hydrogen-bond acceptors (Lipinski definition) is 1. The topological polar surface area (TPSA) is 12.0 Å². The Morgan fingerprint density at radius 2 is 1.72 bits per heavy atom. The van der Waals surface area contributed by atoms with E-state index in [1.807, 2.05) is 0 Å². The maximum Gasteiger partial charge on any atom is 0.0218 e. The Bertz CT molecular complexity index is 519. The van der Waals surface area contributed by atoms with Gasteiger partial charge in [-0.1, -0.05) is 54.1 Å². The molecule has 1 unspecified atom stereocenters. The van der Waals surface area contributed by atoms with Gasteiger partial charge in [0.25, 0.3) is 0 Å². The average Bonchev–Trinajstić information content (AvgIpc) is 2.39. The maximum atomic E-state index is 3.50. The monoisotopic (exact) mass is 259 g/mol. The van der Waals surface area contributed by atoms with Crippen LogP contribution in [0.5, 0.6) is 0 Å². The molecule has 1 N–H and O–H groups in total. The summed E-state index contributed by atoms with van der Waals surface area (Å²) in [6.07, 6.45) is 0. The summed E-state index contributed by atoms with van der Waals surface area (Å²) >= 11 is 0. The highest BCUT2D eigenvalue weighted by atomic mass is 35.5. The molecule has 0 spiro atoms. The van der Waals surface area contributed by atoms with Crippen LogP contribution in [0.3, 0.4) is 0 Å². The largest absolute Gasteiger partial charge is 0.312 e. The zero-order valence-electron chi connectivity index (χ0n) is 10.5. The lowest BCUT2D eigenvalue weighted by molar-refractivity contribution is 0.591. The van der Waals surface area contributed by atoms with Crippen LogP contribution in [0, 0.1) is 6.92 Å². The second-order valence-electron chi connectivity index (χ2n) is 4.79. The first-order chi connectivity index (χ1) is 8.34. The van der Waals surface area contributed by atoms with E-state index in [0.717, 1.165) is 13.1 Å². The van der Waals surface area contributed by atoms with Crippen LogP contribution in [0.4, 0.5) is 0 Å². The molecule has 0 fully saturated rings. The number of nitrogens with one attached hydrogen (secondary N) is 1. The minimum atomic E-state index is 0. The van der Waals surface area contributed by atoms with Gasteiger partial charge in [0.05, 0.1) is 0 Å². The molecule has 1 heterocycles. The first kappa shape index (κ1) is 13.1. The molecule has 18 heavy (non-hydrogen) atoms. The molecule has 1 nitrogen and oxygen atoms in total. The van der Waals surface area contributed by atoms with Gasteiger partial charge in [-0.15, -0.1) is 12.4 Å². The van der Waals surface area contributed by atoms with Gasteiger partial charge in [-0.25, -0.2) is 0 Å². The van der Waals surface area contributed by atoms with Crippen LogP contribution in [-0.4, -0.2) is 6.54 Å². The van der Waals surface area contributed by atoms with Crippen molar-refractivity contribution in [3.63, 3.8) is 0 Å². The van der Waals surface area contributed by atoms with E-state index in [-0.39, 0.29) is 12.4 Å². The molecule has 1 aliphatic heterocycles. The van der Waals surface area contributed by atoms with Gasteiger partial charge in [-0.2, -0.15) is 0 Å². The summed E-state index contributed by atoms with van der Waals surface area (Å²) in [5, 5.41) is 3.50. The molecule has 1 atom stereocenters. The van der Waals surface area contributed by atoms with E-state index in [1.165, 1.54) is 22.3 Å². The van der Waals surface area contributed by atoms with Gasteiger partial charge in [0.1, 0.15) is 0 Å². The molecule has 0 amide bonds. The molecule has 2 aromatic carbocycles. The zero-order chi connectivity index (χ0) is 11.7. The van der Waals surface area contributed by atoms with E-state index in [1.54, 1.807) is 0 Å². The lowest BCUT2D eigenvalue weighted by atomic mass is 9.85. The van der Waals surface area contributed by atoms with Gasteiger partial charge in [-0.3, -0.25) is 0 Å². The van der Waals surface area contributed by atoms with Crippen LogP contribution >= 0.6 is 12.4 Å². The molecular formula is C16H18ClN. The van der Waals surface area contributed by atoms with E-state index < -0.39 is 0 Å². The maximum absolute atomic E-state index is 3.50. The third-order valence-corrected chi connectivity index (χ3v) is 3.57. The van der Waals surface area contributed by atoms with E-state index in [0.29, 0.717) is 5.92 Å². The lowest BCUT2D eigenvalue weighted by Gasteiger charge is -2.26.